The molecule has 0 aliphatic carbocycles. The Bertz CT molecular complexity index is 381. The van der Waals surface area contributed by atoms with Gasteiger partial charge in [0.15, 0.2) is 0 Å². The van der Waals surface area contributed by atoms with Crippen LogP contribution in [0.5, 0.6) is 11.5 Å². The van der Waals surface area contributed by atoms with Crippen molar-refractivity contribution in [1.82, 2.24) is 0 Å². The topological polar surface area (TPSA) is 18.5 Å². The van der Waals surface area contributed by atoms with Gasteiger partial charge in [-0.1, -0.05) is 40.5 Å². The smallest absolute Gasteiger partial charge is 0.134 e. The van der Waals surface area contributed by atoms with Gasteiger partial charge in [-0.3, -0.25) is 0 Å². The quantitative estimate of drug-likeness (QED) is 0.521. The number of halogens is 2. The Labute approximate surface area is 139 Å². The van der Waals surface area contributed by atoms with E-state index >= 15 is 0 Å². The highest BCUT2D eigenvalue weighted by atomic mass is 79.9. The highest BCUT2D eigenvalue weighted by molar-refractivity contribution is 9.11. The standard InChI is InChI=1S/C16H24Br2O2/c1-5-11(3)9-19-15-7-14(18)16(8-13(15)17)20-10-12(4)6-2/h7-8,11-12H,5-6,9-10H2,1-4H3/t11-,12-/m1/s1. The number of benzene rings is 1. The first kappa shape index (κ1) is 17.8. The van der Waals surface area contributed by atoms with Gasteiger partial charge >= 0.3 is 0 Å². The molecule has 1 rings (SSSR count). The molecule has 1 aromatic rings. The lowest BCUT2D eigenvalue weighted by Crippen LogP contribution is -2.09. The Morgan fingerprint density at radius 2 is 1.20 bits per heavy atom. The van der Waals surface area contributed by atoms with Crippen LogP contribution in [0, 0.1) is 11.8 Å². The molecule has 20 heavy (non-hydrogen) atoms. The minimum atomic E-state index is 0.557. The van der Waals surface area contributed by atoms with Crippen LogP contribution in [-0.2, 0) is 0 Å². The van der Waals surface area contributed by atoms with Crippen LogP contribution in [0.3, 0.4) is 0 Å². The summed E-state index contributed by atoms with van der Waals surface area (Å²) in [6.45, 7) is 10.2. The maximum Gasteiger partial charge on any atom is 0.134 e. The molecule has 2 atom stereocenters. The number of rotatable bonds is 8. The Hall–Kier alpha value is -0.220. The van der Waals surface area contributed by atoms with Gasteiger partial charge in [0, 0.05) is 0 Å². The number of hydrogen-bond donors (Lipinski definition) is 0. The van der Waals surface area contributed by atoms with Gasteiger partial charge in [0.05, 0.1) is 22.2 Å². The van der Waals surface area contributed by atoms with Gasteiger partial charge in [0.25, 0.3) is 0 Å². The number of ether oxygens (including phenoxy) is 2. The minimum Gasteiger partial charge on any atom is -0.492 e. The molecule has 114 valence electrons. The third-order valence-electron chi connectivity index (χ3n) is 3.43. The molecule has 0 heterocycles. The Balaban J connectivity index is 2.70. The van der Waals surface area contributed by atoms with E-state index in [4.69, 9.17) is 9.47 Å². The highest BCUT2D eigenvalue weighted by Gasteiger charge is 2.11. The molecule has 0 aromatic heterocycles. The van der Waals surface area contributed by atoms with Crippen LogP contribution in [0.2, 0.25) is 0 Å². The zero-order chi connectivity index (χ0) is 15.1. The second-order valence-electron chi connectivity index (χ2n) is 5.36. The highest BCUT2D eigenvalue weighted by Crippen LogP contribution is 2.36. The van der Waals surface area contributed by atoms with E-state index in [1.54, 1.807) is 0 Å². The van der Waals surface area contributed by atoms with Gasteiger partial charge in [-0.25, -0.2) is 0 Å². The van der Waals surface area contributed by atoms with Crippen molar-refractivity contribution in [3.05, 3.63) is 21.1 Å². The largest absolute Gasteiger partial charge is 0.492 e. The van der Waals surface area contributed by atoms with Crippen molar-refractivity contribution in [3.63, 3.8) is 0 Å². The van der Waals surface area contributed by atoms with Crippen LogP contribution >= 0.6 is 31.9 Å². The van der Waals surface area contributed by atoms with E-state index in [-0.39, 0.29) is 0 Å². The van der Waals surface area contributed by atoms with E-state index in [9.17, 15) is 0 Å². The first-order valence-electron chi connectivity index (χ1n) is 7.22. The molecule has 0 bridgehead atoms. The Morgan fingerprint density at radius 1 is 0.850 bits per heavy atom. The van der Waals surface area contributed by atoms with Crippen LogP contribution in [-0.4, -0.2) is 13.2 Å². The van der Waals surface area contributed by atoms with Crippen molar-refractivity contribution in [2.45, 2.75) is 40.5 Å². The van der Waals surface area contributed by atoms with E-state index in [0.29, 0.717) is 11.8 Å². The lowest BCUT2D eigenvalue weighted by molar-refractivity contribution is 0.248. The Kier molecular flexibility index (Phi) is 7.96. The monoisotopic (exact) mass is 406 g/mol. The summed E-state index contributed by atoms with van der Waals surface area (Å²) >= 11 is 7.10. The van der Waals surface area contributed by atoms with Gasteiger partial charge in [0.2, 0.25) is 0 Å². The molecule has 0 aliphatic heterocycles. The summed E-state index contributed by atoms with van der Waals surface area (Å²) in [5.74, 6) is 2.82. The third kappa shape index (κ3) is 5.65. The van der Waals surface area contributed by atoms with Gasteiger partial charge in [-0.2, -0.15) is 0 Å². The van der Waals surface area contributed by atoms with Gasteiger partial charge in [0.1, 0.15) is 11.5 Å². The van der Waals surface area contributed by atoms with Crippen LogP contribution in [0.1, 0.15) is 40.5 Å². The molecular formula is C16H24Br2O2. The fourth-order valence-electron chi connectivity index (χ4n) is 1.43. The van der Waals surface area contributed by atoms with E-state index < -0.39 is 0 Å². The average molecular weight is 408 g/mol. The molecule has 1 aromatic carbocycles. The summed E-state index contributed by atoms with van der Waals surface area (Å²) in [4.78, 5) is 0. The first-order chi connectivity index (χ1) is 9.47. The van der Waals surface area contributed by atoms with E-state index in [0.717, 1.165) is 46.5 Å². The van der Waals surface area contributed by atoms with Gasteiger partial charge in [-0.05, 0) is 55.8 Å². The normalized spacial score (nSPS) is 13.9. The van der Waals surface area contributed by atoms with Crippen molar-refractivity contribution < 1.29 is 9.47 Å². The van der Waals surface area contributed by atoms with Crippen molar-refractivity contribution in [3.8, 4) is 11.5 Å². The predicted molar refractivity (Wildman–Crippen MR) is 91.7 cm³/mol. The van der Waals surface area contributed by atoms with Crippen LogP contribution < -0.4 is 9.47 Å². The Morgan fingerprint density at radius 3 is 1.50 bits per heavy atom. The minimum absolute atomic E-state index is 0.557. The maximum absolute atomic E-state index is 5.84. The zero-order valence-corrected chi connectivity index (χ0v) is 15.9. The fraction of sp³-hybridized carbons (Fsp3) is 0.625. The van der Waals surface area contributed by atoms with E-state index in [1.165, 1.54) is 0 Å². The molecule has 2 nitrogen and oxygen atoms in total. The van der Waals surface area contributed by atoms with Crippen molar-refractivity contribution in [2.75, 3.05) is 13.2 Å². The summed E-state index contributed by atoms with van der Waals surface area (Å²) in [6.07, 6.45) is 2.24. The second kappa shape index (κ2) is 8.93. The first-order valence-corrected chi connectivity index (χ1v) is 8.81. The molecule has 0 fully saturated rings. The van der Waals surface area contributed by atoms with Gasteiger partial charge in [-0.15, -0.1) is 0 Å². The molecule has 0 saturated heterocycles. The molecular weight excluding hydrogens is 384 g/mol. The maximum atomic E-state index is 5.84. The summed E-state index contributed by atoms with van der Waals surface area (Å²) in [7, 11) is 0. The van der Waals surface area contributed by atoms with Crippen LogP contribution in [0.15, 0.2) is 21.1 Å². The lowest BCUT2D eigenvalue weighted by Gasteiger charge is -2.16. The second-order valence-corrected chi connectivity index (χ2v) is 7.07. The zero-order valence-electron chi connectivity index (χ0n) is 12.7. The lowest BCUT2D eigenvalue weighted by atomic mass is 10.1. The van der Waals surface area contributed by atoms with E-state index in [1.807, 2.05) is 12.1 Å². The average Bonchev–Trinajstić information content (AvgIpc) is 2.45. The van der Waals surface area contributed by atoms with Gasteiger partial charge < -0.3 is 9.47 Å². The molecule has 0 unspecified atom stereocenters. The molecule has 0 N–H and O–H groups in total. The molecule has 0 amide bonds. The van der Waals surface area contributed by atoms with E-state index in [2.05, 4.69) is 59.6 Å². The van der Waals surface area contributed by atoms with Crippen molar-refractivity contribution >= 4 is 31.9 Å². The third-order valence-corrected chi connectivity index (χ3v) is 4.67. The molecule has 0 aliphatic rings. The molecule has 0 radical (unpaired) electrons. The number of hydrogen-bond acceptors (Lipinski definition) is 2. The van der Waals surface area contributed by atoms with Crippen molar-refractivity contribution in [1.29, 1.82) is 0 Å². The molecule has 0 saturated carbocycles. The molecule has 0 spiro atoms. The summed E-state index contributed by atoms with van der Waals surface area (Å²) < 4.78 is 13.5. The summed E-state index contributed by atoms with van der Waals surface area (Å²) in [5, 5.41) is 0. The summed E-state index contributed by atoms with van der Waals surface area (Å²) in [6, 6.07) is 3.94. The fourth-order valence-corrected chi connectivity index (χ4v) is 2.31. The predicted octanol–water partition coefficient (Wildman–Crippen LogP) is 6.06. The van der Waals surface area contributed by atoms with Crippen LogP contribution in [0.4, 0.5) is 0 Å². The van der Waals surface area contributed by atoms with Crippen molar-refractivity contribution in [2.24, 2.45) is 11.8 Å². The SMILES string of the molecule is CC[C@@H](C)COc1cc(Br)c(OC[C@H](C)CC)cc1Br. The molecule has 4 heteroatoms. The van der Waals surface area contributed by atoms with Crippen LogP contribution in [0.25, 0.3) is 0 Å². The summed E-state index contributed by atoms with van der Waals surface area (Å²) in [5.41, 5.74) is 0.